The zero-order chi connectivity index (χ0) is 15.3. The second kappa shape index (κ2) is 6.76. The molecule has 0 fully saturated rings. The van der Waals surface area contributed by atoms with Crippen LogP contribution in [0.4, 0.5) is 8.78 Å². The third-order valence-electron chi connectivity index (χ3n) is 2.48. The summed E-state index contributed by atoms with van der Waals surface area (Å²) in [5.41, 5.74) is 0. The van der Waals surface area contributed by atoms with E-state index in [0.717, 1.165) is 6.07 Å². The van der Waals surface area contributed by atoms with Gasteiger partial charge in [-0.1, -0.05) is 6.92 Å². The van der Waals surface area contributed by atoms with Gasteiger partial charge in [0.1, 0.15) is 0 Å². The minimum absolute atomic E-state index is 0.427. The van der Waals surface area contributed by atoms with Crippen LogP contribution in [-0.4, -0.2) is 26.9 Å². The van der Waals surface area contributed by atoms with Gasteiger partial charge in [-0.2, -0.15) is 4.72 Å². The number of nitrogens with one attached hydrogen (secondary N) is 2. The van der Waals surface area contributed by atoms with Crippen molar-refractivity contribution in [2.75, 3.05) is 6.54 Å². The maximum absolute atomic E-state index is 13.0. The Bertz CT molecular complexity index is 590. The molecule has 0 saturated carbocycles. The second-order valence-electron chi connectivity index (χ2n) is 4.21. The lowest BCUT2D eigenvalue weighted by Crippen LogP contribution is -2.44. The summed E-state index contributed by atoms with van der Waals surface area (Å²) >= 11 is 0. The summed E-state index contributed by atoms with van der Waals surface area (Å²) in [7, 11) is -4.09. The third kappa shape index (κ3) is 4.24. The molecule has 1 atom stereocenters. The van der Waals surface area contributed by atoms with Crippen LogP contribution in [0, 0.1) is 11.6 Å². The van der Waals surface area contributed by atoms with Crippen LogP contribution in [0.25, 0.3) is 0 Å². The van der Waals surface area contributed by atoms with Crippen LogP contribution in [0.5, 0.6) is 0 Å². The molecule has 0 aliphatic heterocycles. The van der Waals surface area contributed by atoms with Gasteiger partial charge < -0.3 is 5.32 Å². The molecule has 1 aromatic rings. The van der Waals surface area contributed by atoms with Crippen LogP contribution >= 0.6 is 0 Å². The van der Waals surface area contributed by atoms with Gasteiger partial charge in [-0.05, 0) is 31.5 Å². The van der Waals surface area contributed by atoms with Crippen LogP contribution in [0.1, 0.15) is 20.3 Å². The molecule has 112 valence electrons. The molecule has 0 heterocycles. The van der Waals surface area contributed by atoms with E-state index in [9.17, 15) is 22.0 Å². The molecule has 0 saturated heterocycles. The van der Waals surface area contributed by atoms with Crippen LogP contribution in [-0.2, 0) is 14.8 Å². The lowest BCUT2D eigenvalue weighted by molar-refractivity contribution is -0.122. The molecule has 0 spiro atoms. The molecule has 1 aromatic carbocycles. The normalized spacial score (nSPS) is 13.0. The zero-order valence-electron chi connectivity index (χ0n) is 11.1. The van der Waals surface area contributed by atoms with Crippen molar-refractivity contribution in [1.29, 1.82) is 0 Å². The van der Waals surface area contributed by atoms with E-state index in [-0.39, 0.29) is 0 Å². The fraction of sp³-hybridized carbons (Fsp3) is 0.417. The highest BCUT2D eigenvalue weighted by molar-refractivity contribution is 7.89. The number of sulfonamides is 1. The first-order valence-corrected chi connectivity index (χ1v) is 7.51. The van der Waals surface area contributed by atoms with Gasteiger partial charge >= 0.3 is 0 Å². The first kappa shape index (κ1) is 16.5. The van der Waals surface area contributed by atoms with E-state index in [4.69, 9.17) is 0 Å². The van der Waals surface area contributed by atoms with Gasteiger partial charge in [-0.15, -0.1) is 0 Å². The van der Waals surface area contributed by atoms with Gasteiger partial charge in [-0.25, -0.2) is 17.2 Å². The SMILES string of the molecule is CCCNC(=O)[C@@H](C)NS(=O)(=O)c1ccc(F)c(F)c1. The maximum atomic E-state index is 13.0. The minimum Gasteiger partial charge on any atom is -0.355 e. The number of rotatable bonds is 6. The number of hydrogen-bond donors (Lipinski definition) is 2. The number of carbonyl (C=O) groups is 1. The highest BCUT2D eigenvalue weighted by Gasteiger charge is 2.22. The number of carbonyl (C=O) groups excluding carboxylic acids is 1. The Balaban J connectivity index is 2.84. The highest BCUT2D eigenvalue weighted by atomic mass is 32.2. The summed E-state index contributed by atoms with van der Waals surface area (Å²) < 4.78 is 51.7. The molecule has 2 N–H and O–H groups in total. The van der Waals surface area contributed by atoms with Crippen molar-refractivity contribution in [1.82, 2.24) is 10.0 Å². The molecule has 0 aliphatic carbocycles. The molecule has 20 heavy (non-hydrogen) atoms. The molecule has 5 nitrogen and oxygen atoms in total. The Morgan fingerprint density at radius 3 is 2.50 bits per heavy atom. The smallest absolute Gasteiger partial charge is 0.241 e. The number of benzene rings is 1. The zero-order valence-corrected chi connectivity index (χ0v) is 11.9. The first-order chi connectivity index (χ1) is 9.27. The average Bonchev–Trinajstić information content (AvgIpc) is 2.38. The second-order valence-corrected chi connectivity index (χ2v) is 5.92. The Morgan fingerprint density at radius 2 is 1.95 bits per heavy atom. The summed E-state index contributed by atoms with van der Waals surface area (Å²) in [4.78, 5) is 11.1. The van der Waals surface area contributed by atoms with Crippen molar-refractivity contribution >= 4 is 15.9 Å². The van der Waals surface area contributed by atoms with Crippen molar-refractivity contribution < 1.29 is 22.0 Å². The molecule has 1 amide bonds. The lowest BCUT2D eigenvalue weighted by Gasteiger charge is -2.14. The van der Waals surface area contributed by atoms with Crippen molar-refractivity contribution in [3.8, 4) is 0 Å². The van der Waals surface area contributed by atoms with E-state index in [1.807, 2.05) is 6.92 Å². The quantitative estimate of drug-likeness (QED) is 0.828. The highest BCUT2D eigenvalue weighted by Crippen LogP contribution is 2.14. The standard InChI is InChI=1S/C12H16F2N2O3S/c1-3-6-15-12(17)8(2)16-20(18,19)9-4-5-10(13)11(14)7-9/h4-5,7-8,16H,3,6H2,1-2H3,(H,15,17)/t8-/m1/s1. The topological polar surface area (TPSA) is 75.3 Å². The Kier molecular flexibility index (Phi) is 5.58. The largest absolute Gasteiger partial charge is 0.355 e. The van der Waals surface area contributed by atoms with Crippen LogP contribution in [0.15, 0.2) is 23.1 Å². The van der Waals surface area contributed by atoms with E-state index in [0.29, 0.717) is 25.1 Å². The summed E-state index contributed by atoms with van der Waals surface area (Å²) in [6.07, 6.45) is 0.717. The molecular formula is C12H16F2N2O3S. The molecular weight excluding hydrogens is 290 g/mol. The minimum atomic E-state index is -4.09. The van der Waals surface area contributed by atoms with E-state index in [1.54, 1.807) is 0 Å². The molecule has 0 bridgehead atoms. The fourth-order valence-electron chi connectivity index (χ4n) is 1.40. The van der Waals surface area contributed by atoms with Crippen LogP contribution < -0.4 is 10.0 Å². The maximum Gasteiger partial charge on any atom is 0.241 e. The lowest BCUT2D eigenvalue weighted by atomic mass is 10.3. The molecule has 0 aliphatic rings. The van der Waals surface area contributed by atoms with E-state index in [1.165, 1.54) is 6.92 Å². The van der Waals surface area contributed by atoms with Gasteiger partial charge in [0, 0.05) is 6.54 Å². The molecule has 0 aromatic heterocycles. The first-order valence-electron chi connectivity index (χ1n) is 6.03. The van der Waals surface area contributed by atoms with Crippen molar-refractivity contribution in [3.63, 3.8) is 0 Å². The van der Waals surface area contributed by atoms with E-state index >= 15 is 0 Å². The van der Waals surface area contributed by atoms with Gasteiger partial charge in [0.25, 0.3) is 0 Å². The van der Waals surface area contributed by atoms with Gasteiger partial charge in [0.05, 0.1) is 10.9 Å². The summed E-state index contributed by atoms with van der Waals surface area (Å²) in [6, 6.07) is 1.19. The Morgan fingerprint density at radius 1 is 1.30 bits per heavy atom. The van der Waals surface area contributed by atoms with Crippen LogP contribution in [0.3, 0.4) is 0 Å². The summed E-state index contributed by atoms with van der Waals surface area (Å²) in [5.74, 6) is -2.90. The number of hydrogen-bond acceptors (Lipinski definition) is 3. The third-order valence-corrected chi connectivity index (χ3v) is 4.01. The fourth-order valence-corrected chi connectivity index (χ4v) is 2.61. The van der Waals surface area contributed by atoms with Crippen molar-refractivity contribution in [2.24, 2.45) is 0 Å². The molecule has 8 heteroatoms. The summed E-state index contributed by atoms with van der Waals surface area (Å²) in [5, 5.41) is 2.53. The van der Waals surface area contributed by atoms with Crippen LogP contribution in [0.2, 0.25) is 0 Å². The van der Waals surface area contributed by atoms with Gasteiger partial charge in [0.2, 0.25) is 15.9 Å². The number of amides is 1. The molecule has 0 radical (unpaired) electrons. The molecule has 0 unspecified atom stereocenters. The predicted octanol–water partition coefficient (Wildman–Crippen LogP) is 1.16. The summed E-state index contributed by atoms with van der Waals surface area (Å²) in [6.45, 7) is 3.65. The Hall–Kier alpha value is -1.54. The predicted molar refractivity (Wildman–Crippen MR) is 69.4 cm³/mol. The molecule has 1 rings (SSSR count). The number of halogens is 2. The van der Waals surface area contributed by atoms with Gasteiger partial charge in [-0.3, -0.25) is 4.79 Å². The Labute approximate surface area is 116 Å². The van der Waals surface area contributed by atoms with E-state index in [2.05, 4.69) is 10.0 Å². The monoisotopic (exact) mass is 306 g/mol. The van der Waals surface area contributed by atoms with E-state index < -0.39 is 38.5 Å². The van der Waals surface area contributed by atoms with Crippen molar-refractivity contribution in [3.05, 3.63) is 29.8 Å². The van der Waals surface area contributed by atoms with Crippen molar-refractivity contribution in [2.45, 2.75) is 31.2 Å². The van der Waals surface area contributed by atoms with Gasteiger partial charge in [0.15, 0.2) is 11.6 Å². The average molecular weight is 306 g/mol.